The molecule has 19 heavy (non-hydrogen) atoms. The molecule has 1 heterocycles. The Bertz CT molecular complexity index is 600. The predicted octanol–water partition coefficient (Wildman–Crippen LogP) is 3.38. The van der Waals surface area contributed by atoms with E-state index in [0.717, 1.165) is 24.3 Å². The molecule has 0 bridgehead atoms. The summed E-state index contributed by atoms with van der Waals surface area (Å²) < 4.78 is 1.93. The van der Waals surface area contributed by atoms with Gasteiger partial charge < -0.3 is 9.88 Å². The van der Waals surface area contributed by atoms with Crippen molar-refractivity contribution < 1.29 is 0 Å². The van der Waals surface area contributed by atoms with E-state index >= 15 is 0 Å². The zero-order valence-electron chi connectivity index (χ0n) is 11.7. The minimum Gasteiger partial charge on any atom is -0.381 e. The highest BCUT2D eigenvalue weighted by Crippen LogP contribution is 2.16. The van der Waals surface area contributed by atoms with E-state index in [1.54, 1.807) is 0 Å². The van der Waals surface area contributed by atoms with Crippen LogP contribution in [0.15, 0.2) is 30.3 Å². The Balaban J connectivity index is 2.08. The van der Waals surface area contributed by atoms with E-state index in [2.05, 4.69) is 42.6 Å². The molecule has 1 N–H and O–H groups in total. The first-order valence-electron chi connectivity index (χ1n) is 6.53. The number of rotatable bonds is 4. The van der Waals surface area contributed by atoms with Crippen LogP contribution in [-0.2, 0) is 20.0 Å². The van der Waals surface area contributed by atoms with Crippen LogP contribution in [0.3, 0.4) is 0 Å². The zero-order chi connectivity index (χ0) is 13.8. The Morgan fingerprint density at radius 2 is 1.95 bits per heavy atom. The lowest BCUT2D eigenvalue weighted by molar-refractivity contribution is 0.856. The second kappa shape index (κ2) is 5.62. The number of nitriles is 1. The molecule has 2 aromatic rings. The summed E-state index contributed by atoms with van der Waals surface area (Å²) in [4.78, 5) is 0. The Hall–Kier alpha value is -2.21. The smallest absolute Gasteiger partial charge is 0.120 e. The van der Waals surface area contributed by atoms with E-state index in [9.17, 15) is 0 Å². The van der Waals surface area contributed by atoms with Crippen LogP contribution in [0.4, 0.5) is 5.69 Å². The first kappa shape index (κ1) is 13.2. The molecule has 0 saturated carbocycles. The van der Waals surface area contributed by atoms with E-state index in [4.69, 9.17) is 5.26 Å². The second-order valence-electron chi connectivity index (χ2n) is 4.72. The molecule has 0 atom stereocenters. The van der Waals surface area contributed by atoms with Crippen molar-refractivity contribution in [3.63, 3.8) is 0 Å². The van der Waals surface area contributed by atoms with Gasteiger partial charge in [0.05, 0.1) is 0 Å². The van der Waals surface area contributed by atoms with Gasteiger partial charge in [0.15, 0.2) is 0 Å². The van der Waals surface area contributed by atoms with Crippen molar-refractivity contribution in [3.8, 4) is 6.07 Å². The van der Waals surface area contributed by atoms with Crippen molar-refractivity contribution in [3.05, 3.63) is 52.8 Å². The van der Waals surface area contributed by atoms with Crippen molar-refractivity contribution >= 4 is 5.69 Å². The summed E-state index contributed by atoms with van der Waals surface area (Å²) in [5, 5.41) is 12.4. The molecule has 3 heteroatoms. The normalized spacial score (nSPS) is 10.2. The first-order valence-corrected chi connectivity index (χ1v) is 6.53. The van der Waals surface area contributed by atoms with Crippen molar-refractivity contribution in [1.82, 2.24) is 4.57 Å². The summed E-state index contributed by atoms with van der Waals surface area (Å²) in [6.45, 7) is 4.93. The Morgan fingerprint density at radius 3 is 2.47 bits per heavy atom. The SMILES string of the molecule is CCc1ccc(NCc2cc(C#N)n(C)c2C)cc1. The standard InChI is InChI=1S/C16H19N3/c1-4-13-5-7-15(8-6-13)18-11-14-9-16(10-17)19(3)12(14)2/h5-9,18H,4,11H2,1-3H3. The van der Waals surface area contributed by atoms with Gasteiger partial charge >= 0.3 is 0 Å². The molecule has 98 valence electrons. The van der Waals surface area contributed by atoms with Crippen molar-refractivity contribution in [1.29, 1.82) is 5.26 Å². The summed E-state index contributed by atoms with van der Waals surface area (Å²) in [5.41, 5.74) is 5.45. The van der Waals surface area contributed by atoms with Gasteiger partial charge in [0.2, 0.25) is 0 Å². The maximum atomic E-state index is 9.01. The fourth-order valence-electron chi connectivity index (χ4n) is 2.10. The average molecular weight is 253 g/mol. The number of nitrogens with zero attached hydrogens (tertiary/aromatic N) is 2. The van der Waals surface area contributed by atoms with Gasteiger partial charge in [-0.1, -0.05) is 19.1 Å². The minimum atomic E-state index is 0.704. The molecule has 1 aromatic heterocycles. The number of aromatic nitrogens is 1. The third-order valence-electron chi connectivity index (χ3n) is 3.60. The van der Waals surface area contributed by atoms with Crippen LogP contribution in [0.1, 0.15) is 29.4 Å². The number of hydrogen-bond acceptors (Lipinski definition) is 2. The van der Waals surface area contributed by atoms with Crippen molar-refractivity contribution in [2.24, 2.45) is 7.05 Å². The molecule has 0 aliphatic rings. The third kappa shape index (κ3) is 2.79. The molecule has 2 rings (SSSR count). The number of nitrogens with one attached hydrogen (secondary N) is 1. The Kier molecular flexibility index (Phi) is 3.91. The van der Waals surface area contributed by atoms with Crippen LogP contribution in [0.5, 0.6) is 0 Å². The van der Waals surface area contributed by atoms with Gasteiger partial charge in [0, 0.05) is 25.0 Å². The Morgan fingerprint density at radius 1 is 1.26 bits per heavy atom. The number of hydrogen-bond donors (Lipinski definition) is 1. The lowest BCUT2D eigenvalue weighted by Crippen LogP contribution is -2.01. The minimum absolute atomic E-state index is 0.704. The van der Waals surface area contributed by atoms with Crippen LogP contribution in [0.25, 0.3) is 0 Å². The maximum absolute atomic E-state index is 9.01. The molecule has 0 radical (unpaired) electrons. The molecular weight excluding hydrogens is 234 g/mol. The summed E-state index contributed by atoms with van der Waals surface area (Å²) in [7, 11) is 1.92. The highest BCUT2D eigenvalue weighted by Gasteiger charge is 2.07. The molecular formula is C16H19N3. The van der Waals surface area contributed by atoms with Crippen LogP contribution in [-0.4, -0.2) is 4.57 Å². The van der Waals surface area contributed by atoms with Crippen LogP contribution < -0.4 is 5.32 Å². The highest BCUT2D eigenvalue weighted by atomic mass is 15.0. The van der Waals surface area contributed by atoms with Crippen LogP contribution in [0, 0.1) is 18.3 Å². The number of anilines is 1. The third-order valence-corrected chi connectivity index (χ3v) is 3.60. The van der Waals surface area contributed by atoms with Crippen molar-refractivity contribution in [2.75, 3.05) is 5.32 Å². The lowest BCUT2D eigenvalue weighted by Gasteiger charge is -2.07. The predicted molar refractivity (Wildman–Crippen MR) is 78.0 cm³/mol. The maximum Gasteiger partial charge on any atom is 0.120 e. The molecule has 0 aliphatic carbocycles. The highest BCUT2D eigenvalue weighted by molar-refractivity contribution is 5.46. The van der Waals surface area contributed by atoms with E-state index in [1.807, 2.05) is 24.6 Å². The average Bonchev–Trinajstić information content (AvgIpc) is 2.73. The van der Waals surface area contributed by atoms with Gasteiger partial charge in [-0.25, -0.2) is 0 Å². The molecule has 0 saturated heterocycles. The largest absolute Gasteiger partial charge is 0.381 e. The number of benzene rings is 1. The van der Waals surface area contributed by atoms with Gasteiger partial charge in [-0.05, 0) is 42.7 Å². The first-order chi connectivity index (χ1) is 9.15. The zero-order valence-corrected chi connectivity index (χ0v) is 11.7. The van der Waals surface area contributed by atoms with E-state index < -0.39 is 0 Å². The monoisotopic (exact) mass is 253 g/mol. The fraction of sp³-hybridized carbons (Fsp3) is 0.312. The molecule has 3 nitrogen and oxygen atoms in total. The van der Waals surface area contributed by atoms with Gasteiger partial charge in [0.1, 0.15) is 11.8 Å². The van der Waals surface area contributed by atoms with Gasteiger partial charge in [-0.15, -0.1) is 0 Å². The van der Waals surface area contributed by atoms with Crippen molar-refractivity contribution in [2.45, 2.75) is 26.8 Å². The lowest BCUT2D eigenvalue weighted by atomic mass is 10.1. The molecule has 0 fully saturated rings. The van der Waals surface area contributed by atoms with Gasteiger partial charge in [-0.2, -0.15) is 5.26 Å². The summed E-state index contributed by atoms with van der Waals surface area (Å²) >= 11 is 0. The molecule has 0 amide bonds. The fourth-order valence-corrected chi connectivity index (χ4v) is 2.10. The molecule has 0 unspecified atom stereocenters. The summed E-state index contributed by atoms with van der Waals surface area (Å²) in [6, 6.07) is 12.6. The van der Waals surface area contributed by atoms with Gasteiger partial charge in [-0.3, -0.25) is 0 Å². The quantitative estimate of drug-likeness (QED) is 0.907. The summed E-state index contributed by atoms with van der Waals surface area (Å²) in [5.74, 6) is 0. The van der Waals surface area contributed by atoms with E-state index in [0.29, 0.717) is 5.69 Å². The van der Waals surface area contributed by atoms with E-state index in [-0.39, 0.29) is 0 Å². The van der Waals surface area contributed by atoms with E-state index in [1.165, 1.54) is 11.1 Å². The summed E-state index contributed by atoms with van der Waals surface area (Å²) in [6.07, 6.45) is 1.06. The molecule has 1 aromatic carbocycles. The molecule has 0 aliphatic heterocycles. The number of aryl methyl sites for hydroxylation is 1. The van der Waals surface area contributed by atoms with Crippen LogP contribution >= 0.6 is 0 Å². The topological polar surface area (TPSA) is 40.8 Å². The Labute approximate surface area is 114 Å². The van der Waals surface area contributed by atoms with Gasteiger partial charge in [0.25, 0.3) is 0 Å². The second-order valence-corrected chi connectivity index (χ2v) is 4.72. The van der Waals surface area contributed by atoms with Crippen LogP contribution in [0.2, 0.25) is 0 Å². The molecule has 0 spiro atoms.